The van der Waals surface area contributed by atoms with Crippen LogP contribution in [0, 0.1) is 5.82 Å². The topological polar surface area (TPSA) is 38.9 Å². The SMILES string of the molecule is NCCC(F)c1cc(F)c(Cl)nc1Cl. The molecule has 0 aromatic carbocycles. The highest BCUT2D eigenvalue weighted by Crippen LogP contribution is 2.29. The van der Waals surface area contributed by atoms with Crippen molar-refractivity contribution in [1.82, 2.24) is 4.98 Å². The van der Waals surface area contributed by atoms with E-state index in [4.69, 9.17) is 28.9 Å². The van der Waals surface area contributed by atoms with Gasteiger partial charge in [0, 0.05) is 5.56 Å². The van der Waals surface area contributed by atoms with Crippen LogP contribution in [0.25, 0.3) is 0 Å². The second-order valence-corrected chi connectivity index (χ2v) is 3.40. The molecular formula is C8H8Cl2F2N2. The Labute approximate surface area is 90.0 Å². The van der Waals surface area contributed by atoms with E-state index >= 15 is 0 Å². The molecule has 0 bridgehead atoms. The fourth-order valence-corrected chi connectivity index (χ4v) is 1.42. The van der Waals surface area contributed by atoms with Gasteiger partial charge in [0.05, 0.1) is 0 Å². The molecule has 0 amide bonds. The normalized spacial score (nSPS) is 12.9. The van der Waals surface area contributed by atoms with Gasteiger partial charge in [-0.2, -0.15) is 0 Å². The van der Waals surface area contributed by atoms with Crippen molar-refractivity contribution in [3.05, 3.63) is 27.8 Å². The Bertz CT molecular complexity index is 333. The van der Waals surface area contributed by atoms with E-state index in [2.05, 4.69) is 4.98 Å². The number of halogens is 4. The Morgan fingerprint density at radius 2 is 2.07 bits per heavy atom. The van der Waals surface area contributed by atoms with Gasteiger partial charge in [-0.3, -0.25) is 0 Å². The first-order chi connectivity index (χ1) is 6.56. The maximum Gasteiger partial charge on any atom is 0.166 e. The molecule has 0 aliphatic carbocycles. The van der Waals surface area contributed by atoms with Crippen molar-refractivity contribution in [3.8, 4) is 0 Å². The van der Waals surface area contributed by atoms with Gasteiger partial charge < -0.3 is 5.73 Å². The molecule has 1 heterocycles. The Morgan fingerprint density at radius 3 is 2.64 bits per heavy atom. The Hall–Kier alpha value is -0.450. The van der Waals surface area contributed by atoms with Crippen LogP contribution in [0.4, 0.5) is 8.78 Å². The average Bonchev–Trinajstić information content (AvgIpc) is 2.11. The van der Waals surface area contributed by atoms with Crippen molar-refractivity contribution >= 4 is 23.2 Å². The minimum Gasteiger partial charge on any atom is -0.330 e. The third kappa shape index (κ3) is 2.53. The lowest BCUT2D eigenvalue weighted by molar-refractivity contribution is 0.326. The maximum absolute atomic E-state index is 13.3. The van der Waals surface area contributed by atoms with E-state index in [1.165, 1.54) is 0 Å². The molecule has 0 fully saturated rings. The molecule has 1 aromatic rings. The number of pyridine rings is 1. The zero-order chi connectivity index (χ0) is 10.7. The summed E-state index contributed by atoms with van der Waals surface area (Å²) in [6, 6.07) is 0.942. The number of rotatable bonds is 3. The predicted octanol–water partition coefficient (Wildman–Crippen LogP) is 2.89. The van der Waals surface area contributed by atoms with Gasteiger partial charge in [0.15, 0.2) is 11.0 Å². The van der Waals surface area contributed by atoms with E-state index in [-0.39, 0.29) is 28.8 Å². The van der Waals surface area contributed by atoms with Crippen molar-refractivity contribution in [1.29, 1.82) is 0 Å². The molecule has 14 heavy (non-hydrogen) atoms. The van der Waals surface area contributed by atoms with E-state index in [1.54, 1.807) is 0 Å². The largest absolute Gasteiger partial charge is 0.330 e. The summed E-state index contributed by atoms with van der Waals surface area (Å²) >= 11 is 10.9. The van der Waals surface area contributed by atoms with Crippen LogP contribution in [0.5, 0.6) is 0 Å². The summed E-state index contributed by atoms with van der Waals surface area (Å²) in [5.41, 5.74) is 5.15. The van der Waals surface area contributed by atoms with Gasteiger partial charge in [-0.05, 0) is 19.0 Å². The van der Waals surface area contributed by atoms with Crippen LogP contribution < -0.4 is 5.73 Å². The van der Waals surface area contributed by atoms with Gasteiger partial charge in [0.1, 0.15) is 11.3 Å². The first-order valence-electron chi connectivity index (χ1n) is 3.91. The Kier molecular flexibility index (Phi) is 4.04. The lowest BCUT2D eigenvalue weighted by atomic mass is 10.1. The maximum atomic E-state index is 13.3. The van der Waals surface area contributed by atoms with E-state index in [9.17, 15) is 8.78 Å². The summed E-state index contributed by atoms with van der Waals surface area (Å²) in [4.78, 5) is 3.45. The minimum absolute atomic E-state index is 0.0148. The van der Waals surface area contributed by atoms with E-state index < -0.39 is 12.0 Å². The molecule has 78 valence electrons. The van der Waals surface area contributed by atoms with Crippen LogP contribution in [0.1, 0.15) is 18.2 Å². The van der Waals surface area contributed by atoms with Gasteiger partial charge in [-0.25, -0.2) is 13.8 Å². The van der Waals surface area contributed by atoms with E-state index in [0.717, 1.165) is 6.07 Å². The number of hydrogen-bond donors (Lipinski definition) is 1. The molecule has 1 atom stereocenters. The molecule has 1 unspecified atom stereocenters. The number of hydrogen-bond acceptors (Lipinski definition) is 2. The Balaban J connectivity index is 3.02. The number of aromatic nitrogens is 1. The molecule has 0 aliphatic heterocycles. The van der Waals surface area contributed by atoms with Crippen molar-refractivity contribution in [2.75, 3.05) is 6.54 Å². The molecule has 2 nitrogen and oxygen atoms in total. The van der Waals surface area contributed by atoms with Crippen LogP contribution >= 0.6 is 23.2 Å². The van der Waals surface area contributed by atoms with Crippen LogP contribution in [-0.2, 0) is 0 Å². The highest BCUT2D eigenvalue weighted by molar-refractivity contribution is 6.32. The molecule has 0 spiro atoms. The number of alkyl halides is 1. The van der Waals surface area contributed by atoms with Crippen molar-refractivity contribution in [2.45, 2.75) is 12.6 Å². The third-order valence-electron chi connectivity index (χ3n) is 1.67. The fraction of sp³-hybridized carbons (Fsp3) is 0.375. The molecule has 0 aliphatic rings. The lowest BCUT2D eigenvalue weighted by Gasteiger charge is -2.08. The molecule has 0 radical (unpaired) electrons. The molecule has 1 rings (SSSR count). The summed E-state index contributed by atoms with van der Waals surface area (Å²) in [6.45, 7) is 0.155. The fourth-order valence-electron chi connectivity index (χ4n) is 0.981. The monoisotopic (exact) mass is 240 g/mol. The van der Waals surface area contributed by atoms with Gasteiger partial charge in [0.2, 0.25) is 0 Å². The van der Waals surface area contributed by atoms with Crippen LogP contribution in [0.15, 0.2) is 6.07 Å². The van der Waals surface area contributed by atoms with E-state index in [1.807, 2.05) is 0 Å². The number of nitrogens with zero attached hydrogens (tertiary/aromatic N) is 1. The highest BCUT2D eigenvalue weighted by atomic mass is 35.5. The zero-order valence-electron chi connectivity index (χ0n) is 7.11. The minimum atomic E-state index is -1.41. The summed E-state index contributed by atoms with van der Waals surface area (Å²) in [5, 5.41) is -0.490. The van der Waals surface area contributed by atoms with Gasteiger partial charge in [0.25, 0.3) is 0 Å². The second kappa shape index (κ2) is 4.87. The summed E-state index contributed by atoms with van der Waals surface area (Å²) < 4.78 is 26.2. The summed E-state index contributed by atoms with van der Waals surface area (Å²) in [6.07, 6.45) is -1.34. The summed E-state index contributed by atoms with van der Waals surface area (Å²) in [5.74, 6) is -0.786. The Morgan fingerprint density at radius 1 is 1.43 bits per heavy atom. The molecular weight excluding hydrogens is 233 g/mol. The molecule has 0 saturated heterocycles. The van der Waals surface area contributed by atoms with Crippen LogP contribution in [-0.4, -0.2) is 11.5 Å². The molecule has 1 aromatic heterocycles. The predicted molar refractivity (Wildman–Crippen MR) is 51.7 cm³/mol. The van der Waals surface area contributed by atoms with E-state index in [0.29, 0.717) is 0 Å². The molecule has 0 saturated carbocycles. The van der Waals surface area contributed by atoms with Crippen molar-refractivity contribution < 1.29 is 8.78 Å². The van der Waals surface area contributed by atoms with Crippen molar-refractivity contribution in [3.63, 3.8) is 0 Å². The van der Waals surface area contributed by atoms with Gasteiger partial charge in [-0.15, -0.1) is 0 Å². The quantitative estimate of drug-likeness (QED) is 0.826. The number of nitrogens with two attached hydrogens (primary N) is 1. The first-order valence-corrected chi connectivity index (χ1v) is 4.67. The summed E-state index contributed by atoms with van der Waals surface area (Å²) in [7, 11) is 0. The first kappa shape index (κ1) is 11.6. The zero-order valence-corrected chi connectivity index (χ0v) is 8.62. The van der Waals surface area contributed by atoms with Gasteiger partial charge >= 0.3 is 0 Å². The van der Waals surface area contributed by atoms with Crippen LogP contribution in [0.3, 0.4) is 0 Å². The standard InChI is InChI=1S/C8H8Cl2F2N2/c9-7-4(5(11)1-2-13)3-6(12)8(10)14-7/h3,5H,1-2,13H2. The highest BCUT2D eigenvalue weighted by Gasteiger charge is 2.16. The molecule has 2 N–H and O–H groups in total. The smallest absolute Gasteiger partial charge is 0.166 e. The lowest BCUT2D eigenvalue weighted by Crippen LogP contribution is -2.05. The van der Waals surface area contributed by atoms with Crippen LogP contribution in [0.2, 0.25) is 10.3 Å². The third-order valence-corrected chi connectivity index (χ3v) is 2.24. The average molecular weight is 241 g/mol. The molecule has 6 heteroatoms. The van der Waals surface area contributed by atoms with Gasteiger partial charge in [-0.1, -0.05) is 23.2 Å². The second-order valence-electron chi connectivity index (χ2n) is 2.69. The van der Waals surface area contributed by atoms with Crippen molar-refractivity contribution in [2.24, 2.45) is 5.73 Å².